The number of allylic oxidation sites excluding steroid dienone is 2. The summed E-state index contributed by atoms with van der Waals surface area (Å²) in [5.74, 6) is 1.16. The van der Waals surface area contributed by atoms with Gasteiger partial charge in [-0.15, -0.1) is 11.8 Å². The highest BCUT2D eigenvalue weighted by Gasteiger charge is 2.28. The average molecular weight is 374 g/mol. The van der Waals surface area contributed by atoms with Crippen LogP contribution in [0, 0.1) is 0 Å². The lowest BCUT2D eigenvalue weighted by Crippen LogP contribution is -2.27. The van der Waals surface area contributed by atoms with Gasteiger partial charge in [0.05, 0.1) is 12.4 Å². The summed E-state index contributed by atoms with van der Waals surface area (Å²) in [4.78, 5) is 16.3. The van der Waals surface area contributed by atoms with E-state index in [2.05, 4.69) is 53.0 Å². The first-order chi connectivity index (χ1) is 11.9. The molecule has 0 fully saturated rings. The second-order valence-corrected chi connectivity index (χ2v) is 9.96. The van der Waals surface area contributed by atoms with Gasteiger partial charge >= 0.3 is 0 Å². The molecule has 0 atom stereocenters. The van der Waals surface area contributed by atoms with Crippen molar-refractivity contribution in [3.05, 3.63) is 52.1 Å². The molecule has 1 N–H and O–H groups in total. The van der Waals surface area contributed by atoms with Gasteiger partial charge in [0.25, 0.3) is 0 Å². The number of carbonyl (C=O) groups is 1. The predicted molar refractivity (Wildman–Crippen MR) is 112 cm³/mol. The SMILES string of the molecule is C=CC1=C(C)N(CC(=O)c2cc(C(C)(C)C)c(O)c(C(C)(C)C)c2)CS1. The lowest BCUT2D eigenvalue weighted by atomic mass is 9.78. The van der Waals surface area contributed by atoms with E-state index in [9.17, 15) is 9.90 Å². The van der Waals surface area contributed by atoms with E-state index in [1.165, 1.54) is 0 Å². The van der Waals surface area contributed by atoms with E-state index < -0.39 is 0 Å². The zero-order valence-corrected chi connectivity index (χ0v) is 17.9. The Hall–Kier alpha value is -1.68. The van der Waals surface area contributed by atoms with Crippen LogP contribution in [0.4, 0.5) is 0 Å². The van der Waals surface area contributed by atoms with Crippen molar-refractivity contribution in [1.29, 1.82) is 0 Å². The molecule has 1 heterocycles. The van der Waals surface area contributed by atoms with Gasteiger partial charge in [-0.25, -0.2) is 0 Å². The third kappa shape index (κ3) is 4.17. The van der Waals surface area contributed by atoms with Crippen LogP contribution < -0.4 is 0 Å². The molecule has 2 rings (SSSR count). The third-order valence-electron chi connectivity index (χ3n) is 4.77. The van der Waals surface area contributed by atoms with Crippen LogP contribution in [0.2, 0.25) is 0 Å². The van der Waals surface area contributed by atoms with Gasteiger partial charge in [-0.1, -0.05) is 54.2 Å². The van der Waals surface area contributed by atoms with Crippen molar-refractivity contribution >= 4 is 17.5 Å². The minimum Gasteiger partial charge on any atom is -0.507 e. The lowest BCUT2D eigenvalue weighted by molar-refractivity contribution is 0.0958. The van der Waals surface area contributed by atoms with Crippen molar-refractivity contribution in [2.24, 2.45) is 0 Å². The Kier molecular flexibility index (Phi) is 5.67. The molecule has 0 bridgehead atoms. The molecule has 26 heavy (non-hydrogen) atoms. The van der Waals surface area contributed by atoms with Crippen molar-refractivity contribution < 1.29 is 9.90 Å². The van der Waals surface area contributed by atoms with Crippen LogP contribution in [0.25, 0.3) is 0 Å². The number of nitrogens with zero attached hydrogens (tertiary/aromatic N) is 1. The Morgan fingerprint density at radius 2 is 1.69 bits per heavy atom. The number of thioether (sulfide) groups is 1. The van der Waals surface area contributed by atoms with Gasteiger partial charge in [0.2, 0.25) is 0 Å². The highest BCUT2D eigenvalue weighted by molar-refractivity contribution is 8.03. The summed E-state index contributed by atoms with van der Waals surface area (Å²) >= 11 is 1.71. The number of ketones is 1. The zero-order chi connectivity index (χ0) is 19.9. The first-order valence-corrected chi connectivity index (χ1v) is 9.97. The molecule has 0 aliphatic carbocycles. The van der Waals surface area contributed by atoms with E-state index in [-0.39, 0.29) is 16.6 Å². The highest BCUT2D eigenvalue weighted by Crippen LogP contribution is 2.40. The van der Waals surface area contributed by atoms with Crippen molar-refractivity contribution in [3.63, 3.8) is 0 Å². The number of phenols is 1. The summed E-state index contributed by atoms with van der Waals surface area (Å²) in [6.07, 6.45) is 1.85. The topological polar surface area (TPSA) is 40.5 Å². The Labute approximate surface area is 162 Å². The maximum absolute atomic E-state index is 13.0. The van der Waals surface area contributed by atoms with E-state index in [0.29, 0.717) is 17.9 Å². The number of aromatic hydroxyl groups is 1. The second-order valence-electron chi connectivity index (χ2n) is 8.97. The number of carbonyl (C=O) groups excluding carboxylic acids is 1. The van der Waals surface area contributed by atoms with E-state index in [1.54, 1.807) is 11.8 Å². The molecule has 0 spiro atoms. The largest absolute Gasteiger partial charge is 0.507 e. The average Bonchev–Trinajstić information content (AvgIpc) is 2.85. The molecule has 4 heteroatoms. The normalized spacial score (nSPS) is 15.6. The lowest BCUT2D eigenvalue weighted by Gasteiger charge is -2.28. The van der Waals surface area contributed by atoms with Gasteiger partial charge in [-0.2, -0.15) is 0 Å². The minimum absolute atomic E-state index is 0.0752. The molecule has 142 valence electrons. The van der Waals surface area contributed by atoms with Crippen LogP contribution in [0.15, 0.2) is 35.4 Å². The van der Waals surface area contributed by atoms with E-state index in [4.69, 9.17) is 0 Å². The minimum atomic E-state index is -0.240. The van der Waals surface area contributed by atoms with E-state index >= 15 is 0 Å². The summed E-state index contributed by atoms with van der Waals surface area (Å²) in [5, 5.41) is 10.8. The molecular weight excluding hydrogens is 342 g/mol. The quantitative estimate of drug-likeness (QED) is 0.698. The van der Waals surface area contributed by atoms with Gasteiger partial charge in [0, 0.05) is 27.3 Å². The van der Waals surface area contributed by atoms with E-state index in [1.807, 2.05) is 25.1 Å². The van der Waals surface area contributed by atoms with E-state index in [0.717, 1.165) is 27.6 Å². The molecule has 0 aromatic heterocycles. The molecule has 0 amide bonds. The summed E-state index contributed by atoms with van der Waals surface area (Å²) < 4.78 is 0. The number of hydrogen-bond acceptors (Lipinski definition) is 4. The standard InChI is InChI=1S/C22H31NO2S/c1-9-19-14(2)23(13-26-19)12-18(24)15-10-16(21(3,4)5)20(25)17(11-15)22(6,7)8/h9-11,25H,1,12-13H2,2-8H3. The second kappa shape index (κ2) is 7.15. The fourth-order valence-corrected chi connectivity index (χ4v) is 4.11. The summed E-state index contributed by atoms with van der Waals surface area (Å²) in [6, 6.07) is 3.73. The first-order valence-electron chi connectivity index (χ1n) is 8.98. The fraction of sp³-hybridized carbons (Fsp3) is 0.500. The molecule has 0 saturated carbocycles. The molecule has 1 aromatic rings. The monoisotopic (exact) mass is 373 g/mol. The Bertz CT molecular complexity index is 728. The van der Waals surface area contributed by atoms with Gasteiger partial charge in [-0.3, -0.25) is 4.79 Å². The molecule has 3 nitrogen and oxygen atoms in total. The van der Waals surface area contributed by atoms with Crippen LogP contribution in [0.5, 0.6) is 5.75 Å². The Morgan fingerprint density at radius 3 is 2.08 bits per heavy atom. The van der Waals surface area contributed by atoms with Gasteiger partial charge < -0.3 is 10.0 Å². The van der Waals surface area contributed by atoms with Crippen molar-refractivity contribution in [1.82, 2.24) is 4.90 Å². The third-order valence-corrected chi connectivity index (χ3v) is 5.99. The smallest absolute Gasteiger partial charge is 0.182 e. The number of benzene rings is 1. The maximum Gasteiger partial charge on any atom is 0.182 e. The van der Waals surface area contributed by atoms with Crippen molar-refractivity contribution in [2.75, 3.05) is 12.4 Å². The molecule has 1 aliphatic rings. The first kappa shape index (κ1) is 20.6. The van der Waals surface area contributed by atoms with Crippen LogP contribution in [-0.4, -0.2) is 28.2 Å². The van der Waals surface area contributed by atoms with Crippen LogP contribution >= 0.6 is 11.8 Å². The highest BCUT2D eigenvalue weighted by atomic mass is 32.2. The molecule has 0 unspecified atom stereocenters. The maximum atomic E-state index is 13.0. The molecular formula is C22H31NO2S. The molecule has 1 aromatic carbocycles. The number of phenolic OH excluding ortho intramolecular Hbond substituents is 1. The van der Waals surface area contributed by atoms with Crippen molar-refractivity contribution in [3.8, 4) is 5.75 Å². The molecule has 0 saturated heterocycles. The Balaban J connectivity index is 2.44. The fourth-order valence-electron chi connectivity index (χ4n) is 3.08. The summed E-state index contributed by atoms with van der Waals surface area (Å²) in [6.45, 7) is 18.6. The molecule has 1 aliphatic heterocycles. The van der Waals surface area contributed by atoms with Gasteiger partial charge in [0.1, 0.15) is 5.75 Å². The predicted octanol–water partition coefficient (Wildman–Crippen LogP) is 5.59. The van der Waals surface area contributed by atoms with Crippen LogP contribution in [0.1, 0.15) is 70.0 Å². The van der Waals surface area contributed by atoms with Gasteiger partial charge in [-0.05, 0) is 29.9 Å². The summed E-state index contributed by atoms with van der Waals surface area (Å²) in [7, 11) is 0. The zero-order valence-electron chi connectivity index (χ0n) is 17.1. The summed E-state index contributed by atoms with van der Waals surface area (Å²) in [5.41, 5.74) is 2.93. The number of hydrogen-bond donors (Lipinski definition) is 1. The Morgan fingerprint density at radius 1 is 1.19 bits per heavy atom. The number of Topliss-reactive ketones (excluding diaryl/α,β-unsaturated/α-hetero) is 1. The molecule has 0 radical (unpaired) electrons. The van der Waals surface area contributed by atoms with Crippen molar-refractivity contribution in [2.45, 2.75) is 59.3 Å². The van der Waals surface area contributed by atoms with Gasteiger partial charge in [0.15, 0.2) is 5.78 Å². The van der Waals surface area contributed by atoms with Crippen LogP contribution in [0.3, 0.4) is 0 Å². The van der Waals surface area contributed by atoms with Crippen LogP contribution in [-0.2, 0) is 10.8 Å². The number of rotatable bonds is 4.